The third-order valence-electron chi connectivity index (χ3n) is 12.9. The van der Waals surface area contributed by atoms with E-state index < -0.39 is 82.9 Å². The van der Waals surface area contributed by atoms with Gasteiger partial charge in [0, 0.05) is 93.6 Å². The second-order valence-corrected chi connectivity index (χ2v) is 18.0. The number of aliphatic hydroxyl groups excluding tert-OH is 2. The molecule has 4 aliphatic rings. The number of aliphatic hydroxyl groups is 2. The molecule has 6 rings (SSSR count). The lowest BCUT2D eigenvalue weighted by Gasteiger charge is -2.38. The van der Waals surface area contributed by atoms with Gasteiger partial charge in [-0.2, -0.15) is 0 Å². The molecule has 0 unspecified atom stereocenters. The SMILES string of the molecule is CO[C@H]1C=CO[C@@]2(C)Oc3c(C)c(O)c4c(O)c(c5c(c4c3C2=O)NC2(CCN(CC(C)C)CC2)N=5)=NC(=O)C(C)=CC=C[C@H](C)[C@H](O)[C@@H](C)[C@@H](O)[C@@H](C)[C@H](OC(C)=O)[C@@H]1C. The van der Waals surface area contributed by atoms with E-state index in [1.54, 1.807) is 65.8 Å². The van der Waals surface area contributed by atoms with E-state index in [2.05, 4.69) is 29.1 Å². The van der Waals surface area contributed by atoms with Crippen LogP contribution in [-0.4, -0.2) is 106 Å². The van der Waals surface area contributed by atoms with Crippen LogP contribution in [-0.2, 0) is 23.8 Å². The fourth-order valence-electron chi connectivity index (χ4n) is 9.24. The van der Waals surface area contributed by atoms with Crippen LogP contribution in [0.3, 0.4) is 0 Å². The minimum atomic E-state index is -1.95. The number of ketones is 1. The molecule has 1 saturated heterocycles. The van der Waals surface area contributed by atoms with Crippen molar-refractivity contribution in [1.29, 1.82) is 0 Å². The Balaban J connectivity index is 1.55. The number of Topliss-reactive ketones (excluding diaryl/α,β-unsaturated/α-hetero) is 1. The Kier molecular flexibility index (Phi) is 13.1. The Morgan fingerprint density at radius 3 is 2.28 bits per heavy atom. The zero-order chi connectivity index (χ0) is 44.9. The first-order valence-electron chi connectivity index (χ1n) is 21.2. The number of phenols is 2. The van der Waals surface area contributed by atoms with E-state index in [-0.39, 0.29) is 49.7 Å². The van der Waals surface area contributed by atoms with Gasteiger partial charge < -0.3 is 49.6 Å². The van der Waals surface area contributed by atoms with Crippen LogP contribution in [0.1, 0.15) is 91.1 Å². The number of piperidine rings is 1. The van der Waals surface area contributed by atoms with Crippen molar-refractivity contribution in [3.63, 3.8) is 0 Å². The van der Waals surface area contributed by atoms with E-state index in [0.717, 1.165) is 19.6 Å². The standard InChI is InChI=1S/C46H62N4O11/c1-22(2)21-50-18-16-46(17-19-50)48-34-31-32-39(54)28(8)42-33(31)43(56)45(10,61-42)59-20-15-30(58-11)25(5)41(60-29(9)51)27(7)38(53)26(6)37(52)23(3)13-12-14-24(4)44(57)47-36(40(32)55)35(34)49-46/h12-15,20,22-23,25-27,30,37-38,41,48,52-55H,16-19,21H2,1-11H3/t23-,25+,26+,27+,30-,37-,38+,41+,45-/m0/s1. The van der Waals surface area contributed by atoms with Gasteiger partial charge >= 0.3 is 11.8 Å². The molecule has 15 heteroatoms. The van der Waals surface area contributed by atoms with Gasteiger partial charge in [0.1, 0.15) is 34.0 Å². The molecule has 1 fully saturated rings. The molecular weight excluding hydrogens is 785 g/mol. The number of hydrogen-bond donors (Lipinski definition) is 5. The van der Waals surface area contributed by atoms with Gasteiger partial charge in [0.2, 0.25) is 0 Å². The summed E-state index contributed by atoms with van der Waals surface area (Å²) in [6.07, 6.45) is 5.07. The molecule has 0 radical (unpaired) electrons. The first kappa shape index (κ1) is 45.7. The van der Waals surface area contributed by atoms with Gasteiger partial charge in [-0.25, -0.2) is 4.99 Å². The fraction of sp³-hybridized carbons (Fsp3) is 0.587. The van der Waals surface area contributed by atoms with Crippen LogP contribution in [0.4, 0.5) is 5.69 Å². The number of amides is 1. The molecular formula is C46H62N4O11. The van der Waals surface area contributed by atoms with Crippen LogP contribution in [0.25, 0.3) is 10.8 Å². The lowest BCUT2D eigenvalue weighted by molar-refractivity contribution is -0.160. The summed E-state index contributed by atoms with van der Waals surface area (Å²) in [6.45, 7) is 19.6. The molecule has 0 saturated carbocycles. The Morgan fingerprint density at radius 2 is 1.66 bits per heavy atom. The van der Waals surface area contributed by atoms with Crippen LogP contribution in [0.2, 0.25) is 0 Å². The Hall–Kier alpha value is -4.83. The zero-order valence-corrected chi connectivity index (χ0v) is 37.1. The van der Waals surface area contributed by atoms with E-state index in [9.17, 15) is 34.8 Å². The molecule has 2 aromatic carbocycles. The normalized spacial score (nSPS) is 30.8. The first-order valence-corrected chi connectivity index (χ1v) is 21.2. The molecule has 4 heterocycles. The van der Waals surface area contributed by atoms with E-state index >= 15 is 0 Å². The number of ether oxygens (including phenoxy) is 4. The van der Waals surface area contributed by atoms with Crippen molar-refractivity contribution >= 4 is 34.1 Å². The highest BCUT2D eigenvalue weighted by Crippen LogP contribution is 2.51. The second kappa shape index (κ2) is 17.5. The highest BCUT2D eigenvalue weighted by molar-refractivity contribution is 6.21. The molecule has 9 atom stereocenters. The van der Waals surface area contributed by atoms with E-state index in [0.29, 0.717) is 24.4 Å². The van der Waals surface area contributed by atoms with E-state index in [1.165, 1.54) is 27.2 Å². The summed E-state index contributed by atoms with van der Waals surface area (Å²) in [7, 11) is 1.47. The largest absolute Gasteiger partial charge is 0.507 e. The Morgan fingerprint density at radius 1 is 0.984 bits per heavy atom. The maximum atomic E-state index is 14.7. The quantitative estimate of drug-likeness (QED) is 0.208. The van der Waals surface area contributed by atoms with Gasteiger partial charge in [-0.05, 0) is 25.8 Å². The summed E-state index contributed by atoms with van der Waals surface area (Å²) >= 11 is 0. The summed E-state index contributed by atoms with van der Waals surface area (Å²) in [5, 5.41) is 50.5. The number of hydrogen-bond acceptors (Lipinski definition) is 14. The highest BCUT2D eigenvalue weighted by atomic mass is 16.7. The Bertz CT molecular complexity index is 2300. The van der Waals surface area contributed by atoms with Crippen LogP contribution >= 0.6 is 0 Å². The van der Waals surface area contributed by atoms with E-state index in [1.807, 2.05) is 0 Å². The van der Waals surface area contributed by atoms with Crippen LogP contribution < -0.4 is 20.8 Å². The van der Waals surface area contributed by atoms with Crippen LogP contribution in [0.15, 0.2) is 46.1 Å². The average Bonchev–Trinajstić information content (AvgIpc) is 3.71. The summed E-state index contributed by atoms with van der Waals surface area (Å²) in [5.74, 6) is -6.57. The molecule has 5 N–H and O–H groups in total. The smallest absolute Gasteiger partial charge is 0.312 e. The fourth-order valence-corrected chi connectivity index (χ4v) is 9.24. The van der Waals surface area contributed by atoms with Crippen molar-refractivity contribution in [1.82, 2.24) is 4.90 Å². The van der Waals surface area contributed by atoms with Crippen molar-refractivity contribution in [2.24, 2.45) is 39.6 Å². The number of carbonyl (C=O) groups excluding carboxylic acids is 3. The van der Waals surface area contributed by atoms with Crippen molar-refractivity contribution in [3.05, 3.63) is 58.0 Å². The van der Waals surface area contributed by atoms with Crippen LogP contribution in [0, 0.1) is 36.5 Å². The number of aromatic hydroxyl groups is 2. The maximum Gasteiger partial charge on any atom is 0.312 e. The third kappa shape index (κ3) is 8.54. The topological polar surface area (TPSA) is 209 Å². The molecule has 4 bridgehead atoms. The molecule has 0 aromatic heterocycles. The zero-order valence-electron chi connectivity index (χ0n) is 37.1. The highest BCUT2D eigenvalue weighted by Gasteiger charge is 2.51. The first-order chi connectivity index (χ1) is 28.6. The van der Waals surface area contributed by atoms with E-state index in [4.69, 9.17) is 23.9 Å². The van der Waals surface area contributed by atoms with Crippen LogP contribution in [0.5, 0.6) is 17.2 Å². The number of anilines is 1. The summed E-state index contributed by atoms with van der Waals surface area (Å²) in [4.78, 5) is 52.9. The maximum absolute atomic E-state index is 14.7. The molecule has 61 heavy (non-hydrogen) atoms. The minimum Gasteiger partial charge on any atom is -0.507 e. The number of nitrogens with one attached hydrogen (secondary N) is 1. The summed E-state index contributed by atoms with van der Waals surface area (Å²) in [5.41, 5.74) is -0.111. The number of methoxy groups -OCH3 is 1. The molecule has 0 aliphatic carbocycles. The average molecular weight is 847 g/mol. The molecule has 332 valence electrons. The number of phenolic OH excluding ortho intramolecular Hbond substituents is 2. The van der Waals surface area contributed by atoms with Crippen molar-refractivity contribution in [3.8, 4) is 17.2 Å². The lowest BCUT2D eigenvalue weighted by Crippen LogP contribution is -2.47. The number of likely N-dealkylation sites (tertiary alicyclic amines) is 1. The summed E-state index contributed by atoms with van der Waals surface area (Å²) < 4.78 is 24.0. The van der Waals surface area contributed by atoms with Crippen molar-refractivity contribution in [2.45, 2.75) is 118 Å². The van der Waals surface area contributed by atoms with Gasteiger partial charge in [-0.1, -0.05) is 59.8 Å². The number of carbonyl (C=O) groups is 3. The van der Waals surface area contributed by atoms with Crippen molar-refractivity contribution in [2.75, 3.05) is 32.1 Å². The van der Waals surface area contributed by atoms with Gasteiger partial charge in [0.15, 0.2) is 5.75 Å². The second-order valence-electron chi connectivity index (χ2n) is 18.0. The number of rotatable bonds is 4. The predicted octanol–water partition coefficient (Wildman–Crippen LogP) is 4.75. The summed E-state index contributed by atoms with van der Waals surface area (Å²) in [6, 6.07) is 0. The number of benzene rings is 2. The predicted molar refractivity (Wildman–Crippen MR) is 228 cm³/mol. The van der Waals surface area contributed by atoms with Gasteiger partial charge in [0.25, 0.3) is 11.7 Å². The monoisotopic (exact) mass is 846 g/mol. The van der Waals surface area contributed by atoms with Gasteiger partial charge in [-0.15, -0.1) is 0 Å². The number of allylic oxidation sites excluding steroid dienone is 2. The molecule has 15 nitrogen and oxygen atoms in total. The number of fused-ring (bicyclic) bond motifs is 1. The number of nitrogens with zero attached hydrogens (tertiary/aromatic N) is 3. The molecule has 4 aliphatic heterocycles. The third-order valence-corrected chi connectivity index (χ3v) is 12.9. The number of esters is 1. The minimum absolute atomic E-state index is 0.0538. The lowest BCUT2D eigenvalue weighted by atomic mass is 9.78. The van der Waals surface area contributed by atoms with Crippen molar-refractivity contribution < 1.29 is 53.8 Å². The van der Waals surface area contributed by atoms with Gasteiger partial charge in [0.05, 0.1) is 41.2 Å². The molecule has 1 spiro atoms. The van der Waals surface area contributed by atoms with Gasteiger partial charge in [-0.3, -0.25) is 19.4 Å². The Labute approximate surface area is 356 Å². The molecule has 1 amide bonds. The molecule has 2 aromatic rings.